The van der Waals surface area contributed by atoms with Crippen molar-refractivity contribution in [2.24, 2.45) is 0 Å². The largest absolute Gasteiger partial charge is 0.369 e. The zero-order valence-electron chi connectivity index (χ0n) is 10.4. The smallest absolute Gasteiger partial charge is 0.239 e. The summed E-state index contributed by atoms with van der Waals surface area (Å²) in [6.07, 6.45) is 1.67. The fourth-order valence-corrected chi connectivity index (χ4v) is 2.16. The number of nitrogens with one attached hydrogen (secondary N) is 1. The number of hydrogen-bond donors (Lipinski definition) is 2. The normalized spacial score (nSPS) is 11.0. The van der Waals surface area contributed by atoms with Crippen molar-refractivity contribution in [2.45, 2.75) is 6.54 Å². The molecular weight excluding hydrogens is 242 g/mol. The number of pyridine rings is 1. The lowest BCUT2D eigenvalue weighted by atomic mass is 10.2. The first-order chi connectivity index (χ1) is 9.20. The Kier molecular flexibility index (Phi) is 2.56. The second-order valence-electron chi connectivity index (χ2n) is 4.24. The van der Waals surface area contributed by atoms with Crippen LogP contribution in [0.5, 0.6) is 0 Å². The minimum Gasteiger partial charge on any atom is -0.369 e. The first-order valence-electron chi connectivity index (χ1n) is 5.90. The van der Waals surface area contributed by atoms with Gasteiger partial charge in [0.15, 0.2) is 0 Å². The number of nitrogens with zero attached hydrogens (tertiary/aromatic N) is 3. The molecule has 6 heteroatoms. The highest BCUT2D eigenvalue weighted by Gasteiger charge is 2.14. The fraction of sp³-hybridized carbons (Fsp3) is 0.154. The number of likely N-dealkylation sites (N-methyl/N-ethyl adjacent to an activating group) is 1. The monoisotopic (exact) mass is 255 g/mol. The van der Waals surface area contributed by atoms with Crippen LogP contribution in [0.1, 0.15) is 0 Å². The Bertz CT molecular complexity index is 777. The zero-order chi connectivity index (χ0) is 13.4. The molecule has 0 aliphatic heterocycles. The van der Waals surface area contributed by atoms with E-state index in [9.17, 15) is 4.79 Å². The third-order valence-corrected chi connectivity index (χ3v) is 3.09. The molecule has 1 aromatic carbocycles. The summed E-state index contributed by atoms with van der Waals surface area (Å²) in [5, 5.41) is 3.52. The Hall–Kier alpha value is -2.63. The van der Waals surface area contributed by atoms with Gasteiger partial charge in [-0.1, -0.05) is 18.2 Å². The van der Waals surface area contributed by atoms with Crippen molar-refractivity contribution < 1.29 is 4.79 Å². The average molecular weight is 255 g/mol. The predicted molar refractivity (Wildman–Crippen MR) is 73.5 cm³/mol. The summed E-state index contributed by atoms with van der Waals surface area (Å²) in [7, 11) is 1.59. The van der Waals surface area contributed by atoms with Gasteiger partial charge in [0.05, 0.1) is 17.2 Å². The maximum absolute atomic E-state index is 11.6. The molecule has 96 valence electrons. The number of rotatable bonds is 2. The number of nitrogens with two attached hydrogens (primary N) is 1. The predicted octanol–water partition coefficient (Wildman–Crippen LogP) is 0.913. The van der Waals surface area contributed by atoms with E-state index in [1.54, 1.807) is 17.8 Å². The minimum absolute atomic E-state index is 0.119. The van der Waals surface area contributed by atoms with E-state index in [4.69, 9.17) is 5.73 Å². The lowest BCUT2D eigenvalue weighted by Crippen LogP contribution is -2.24. The zero-order valence-corrected chi connectivity index (χ0v) is 10.4. The van der Waals surface area contributed by atoms with E-state index in [-0.39, 0.29) is 12.5 Å². The van der Waals surface area contributed by atoms with Gasteiger partial charge in [-0.3, -0.25) is 9.78 Å². The number of aromatic nitrogens is 3. The number of nitrogen functional groups attached to an aromatic ring is 1. The second kappa shape index (κ2) is 4.24. The molecule has 0 aliphatic carbocycles. The first kappa shape index (κ1) is 11.5. The summed E-state index contributed by atoms with van der Waals surface area (Å²) in [6, 6.07) is 7.72. The Balaban J connectivity index is 2.33. The van der Waals surface area contributed by atoms with Crippen LogP contribution in [-0.4, -0.2) is 27.5 Å². The van der Waals surface area contributed by atoms with E-state index in [0.717, 1.165) is 16.4 Å². The van der Waals surface area contributed by atoms with Crippen molar-refractivity contribution in [3.8, 4) is 0 Å². The number of hydrogen-bond acceptors (Lipinski definition) is 4. The maximum Gasteiger partial charge on any atom is 0.239 e. The topological polar surface area (TPSA) is 85.8 Å². The summed E-state index contributed by atoms with van der Waals surface area (Å²) in [4.78, 5) is 20.2. The van der Waals surface area contributed by atoms with Crippen LogP contribution in [0.25, 0.3) is 21.9 Å². The molecule has 2 aromatic heterocycles. The highest BCUT2D eigenvalue weighted by molar-refractivity contribution is 6.03. The van der Waals surface area contributed by atoms with Gasteiger partial charge in [0, 0.05) is 12.4 Å². The molecule has 6 nitrogen and oxygen atoms in total. The second-order valence-corrected chi connectivity index (χ2v) is 4.24. The lowest BCUT2D eigenvalue weighted by Gasteiger charge is -2.06. The molecule has 0 unspecified atom stereocenters. The average Bonchev–Trinajstić information content (AvgIpc) is 2.75. The van der Waals surface area contributed by atoms with Crippen LogP contribution >= 0.6 is 0 Å². The van der Waals surface area contributed by atoms with E-state index in [0.29, 0.717) is 11.5 Å². The van der Waals surface area contributed by atoms with E-state index in [1.165, 1.54) is 0 Å². The van der Waals surface area contributed by atoms with Crippen LogP contribution < -0.4 is 11.1 Å². The quantitative estimate of drug-likeness (QED) is 0.712. The molecular formula is C13H13N5O. The molecule has 2 heterocycles. The molecule has 19 heavy (non-hydrogen) atoms. The highest BCUT2D eigenvalue weighted by Crippen LogP contribution is 2.25. The maximum atomic E-state index is 11.6. The van der Waals surface area contributed by atoms with Crippen LogP contribution in [0.3, 0.4) is 0 Å². The molecule has 3 N–H and O–H groups in total. The molecule has 0 radical (unpaired) electrons. The molecule has 0 spiro atoms. The van der Waals surface area contributed by atoms with E-state index < -0.39 is 0 Å². The van der Waals surface area contributed by atoms with Crippen LogP contribution in [0.2, 0.25) is 0 Å². The number of fused-ring (bicyclic) bond motifs is 3. The van der Waals surface area contributed by atoms with Crippen molar-refractivity contribution >= 4 is 33.8 Å². The van der Waals surface area contributed by atoms with Gasteiger partial charge in [0.25, 0.3) is 0 Å². The van der Waals surface area contributed by atoms with Crippen LogP contribution in [0, 0.1) is 0 Å². The Morgan fingerprint density at radius 1 is 1.37 bits per heavy atom. The molecule has 0 fully saturated rings. The number of anilines is 1. The highest BCUT2D eigenvalue weighted by atomic mass is 16.1. The van der Waals surface area contributed by atoms with Gasteiger partial charge < -0.3 is 15.6 Å². The van der Waals surface area contributed by atoms with Gasteiger partial charge in [-0.05, 0) is 6.07 Å². The fourth-order valence-electron chi connectivity index (χ4n) is 2.16. The third kappa shape index (κ3) is 1.77. The van der Waals surface area contributed by atoms with Gasteiger partial charge in [-0.25, -0.2) is 4.98 Å². The Morgan fingerprint density at radius 3 is 2.95 bits per heavy atom. The number of carbonyl (C=O) groups excluding carboxylic acids is 1. The third-order valence-electron chi connectivity index (χ3n) is 3.09. The van der Waals surface area contributed by atoms with Crippen molar-refractivity contribution in [1.29, 1.82) is 0 Å². The lowest BCUT2D eigenvalue weighted by molar-refractivity contribution is -0.121. The van der Waals surface area contributed by atoms with Gasteiger partial charge in [-0.2, -0.15) is 0 Å². The van der Waals surface area contributed by atoms with Gasteiger partial charge in [-0.15, -0.1) is 0 Å². The van der Waals surface area contributed by atoms with Crippen molar-refractivity contribution in [1.82, 2.24) is 19.9 Å². The Labute approximate surface area is 109 Å². The van der Waals surface area contributed by atoms with Gasteiger partial charge in [0.2, 0.25) is 11.9 Å². The summed E-state index contributed by atoms with van der Waals surface area (Å²) in [5.74, 6) is 0.198. The van der Waals surface area contributed by atoms with Crippen molar-refractivity contribution in [3.63, 3.8) is 0 Å². The van der Waals surface area contributed by atoms with Gasteiger partial charge in [0.1, 0.15) is 12.1 Å². The number of carbonyl (C=O) groups is 1. The molecule has 0 bridgehead atoms. The van der Waals surface area contributed by atoms with E-state index in [1.807, 2.05) is 24.3 Å². The van der Waals surface area contributed by atoms with Crippen molar-refractivity contribution in [2.75, 3.05) is 12.8 Å². The van der Waals surface area contributed by atoms with Crippen LogP contribution in [0.4, 0.5) is 5.95 Å². The standard InChI is InChI=1S/C13H13N5O/c1-15-11(19)7-18-12-8-4-2-3-5-9(8)16-6-10(12)17-13(18)14/h2-6H,7H2,1H3,(H2,14,17)(H,15,19). The van der Waals surface area contributed by atoms with Crippen LogP contribution in [-0.2, 0) is 11.3 Å². The van der Waals surface area contributed by atoms with E-state index in [2.05, 4.69) is 15.3 Å². The molecule has 1 amide bonds. The van der Waals surface area contributed by atoms with E-state index >= 15 is 0 Å². The van der Waals surface area contributed by atoms with Gasteiger partial charge >= 0.3 is 0 Å². The number of amides is 1. The SMILES string of the molecule is CNC(=O)Cn1c(N)nc2cnc3ccccc3c21. The van der Waals surface area contributed by atoms with Crippen LogP contribution in [0.15, 0.2) is 30.5 Å². The summed E-state index contributed by atoms with van der Waals surface area (Å²) in [6.45, 7) is 0.146. The molecule has 0 saturated heterocycles. The molecule has 0 atom stereocenters. The first-order valence-corrected chi connectivity index (χ1v) is 5.90. The summed E-state index contributed by atoms with van der Waals surface area (Å²) >= 11 is 0. The summed E-state index contributed by atoms with van der Waals surface area (Å²) < 4.78 is 1.71. The number of imidazole rings is 1. The molecule has 3 aromatic rings. The number of benzene rings is 1. The summed E-state index contributed by atoms with van der Waals surface area (Å²) in [5.41, 5.74) is 8.28. The van der Waals surface area contributed by atoms with Crippen molar-refractivity contribution in [3.05, 3.63) is 30.5 Å². The number of para-hydroxylation sites is 1. The molecule has 0 aliphatic rings. The molecule has 0 saturated carbocycles. The minimum atomic E-state index is -0.119. The molecule has 3 rings (SSSR count). The Morgan fingerprint density at radius 2 is 2.16 bits per heavy atom.